The first kappa shape index (κ1) is 17.5. The van der Waals surface area contributed by atoms with Crippen molar-refractivity contribution < 1.29 is 22.2 Å². The van der Waals surface area contributed by atoms with Crippen molar-refractivity contribution in [2.24, 2.45) is 0 Å². The standard InChI is InChI=1S/C10H15OS.C5H5.Fe/c1-10(2,3)12-9-6-4-5-8(9)7-11;1-2-4-5-3-1;/h4-6,11H,7H2,1-3H3;1-5H;/q2*-1;+2. The molecule has 0 spiro atoms. The van der Waals surface area contributed by atoms with Crippen LogP contribution in [0.4, 0.5) is 0 Å². The first-order valence-corrected chi connectivity index (χ1v) is 6.56. The Morgan fingerprint density at radius 1 is 1.17 bits per heavy atom. The fraction of sp³-hybridized carbons (Fsp3) is 0.333. The molecule has 0 heterocycles. The minimum absolute atomic E-state index is 0. The number of hydrogen-bond acceptors (Lipinski definition) is 2. The minimum atomic E-state index is 0. The molecular formula is C15H20FeOS. The van der Waals surface area contributed by atoms with Gasteiger partial charge in [-0.3, -0.25) is 0 Å². The maximum atomic E-state index is 8.99. The molecule has 0 unspecified atom stereocenters. The number of aliphatic hydroxyl groups is 1. The molecule has 3 heteroatoms. The van der Waals surface area contributed by atoms with Gasteiger partial charge in [-0.25, -0.2) is 18.2 Å². The largest absolute Gasteiger partial charge is 2.00 e. The van der Waals surface area contributed by atoms with Gasteiger partial charge in [-0.1, -0.05) is 20.8 Å². The molecule has 0 aromatic heterocycles. The molecule has 0 atom stereocenters. The van der Waals surface area contributed by atoms with E-state index in [2.05, 4.69) is 26.8 Å². The Morgan fingerprint density at radius 2 is 1.78 bits per heavy atom. The van der Waals surface area contributed by atoms with E-state index in [0.29, 0.717) is 0 Å². The summed E-state index contributed by atoms with van der Waals surface area (Å²) in [6, 6.07) is 16.0. The molecule has 2 aromatic carbocycles. The van der Waals surface area contributed by atoms with E-state index in [4.69, 9.17) is 5.11 Å². The third-order valence-electron chi connectivity index (χ3n) is 2.00. The fourth-order valence-corrected chi connectivity index (χ4v) is 2.39. The van der Waals surface area contributed by atoms with E-state index >= 15 is 0 Å². The van der Waals surface area contributed by atoms with Gasteiger partial charge in [0.2, 0.25) is 0 Å². The van der Waals surface area contributed by atoms with Crippen LogP contribution in [-0.4, -0.2) is 9.85 Å². The topological polar surface area (TPSA) is 20.2 Å². The zero-order chi connectivity index (χ0) is 12.7. The average Bonchev–Trinajstić information content (AvgIpc) is 2.87. The summed E-state index contributed by atoms with van der Waals surface area (Å²) in [4.78, 5) is 1.20. The van der Waals surface area contributed by atoms with E-state index in [1.807, 2.05) is 42.5 Å². The van der Waals surface area contributed by atoms with E-state index in [9.17, 15) is 0 Å². The Bertz CT molecular complexity index is 381. The van der Waals surface area contributed by atoms with Crippen molar-refractivity contribution in [1.29, 1.82) is 0 Å². The van der Waals surface area contributed by atoms with Crippen molar-refractivity contribution >= 4 is 11.8 Å². The molecular weight excluding hydrogens is 284 g/mol. The first-order chi connectivity index (χ1) is 8.03. The van der Waals surface area contributed by atoms with Gasteiger partial charge < -0.3 is 5.11 Å². The van der Waals surface area contributed by atoms with Crippen molar-refractivity contribution in [3.8, 4) is 0 Å². The van der Waals surface area contributed by atoms with Crippen LogP contribution in [0.15, 0.2) is 53.4 Å². The molecule has 100 valence electrons. The summed E-state index contributed by atoms with van der Waals surface area (Å²) < 4.78 is 0.221. The van der Waals surface area contributed by atoms with E-state index in [1.54, 1.807) is 11.8 Å². The van der Waals surface area contributed by atoms with Gasteiger partial charge in [-0.05, 0) is 0 Å². The molecule has 0 bridgehead atoms. The van der Waals surface area contributed by atoms with Gasteiger partial charge in [0.25, 0.3) is 0 Å². The predicted molar refractivity (Wildman–Crippen MR) is 75.6 cm³/mol. The number of rotatable bonds is 2. The molecule has 2 aromatic rings. The summed E-state index contributed by atoms with van der Waals surface area (Å²) in [5.74, 6) is 0. The summed E-state index contributed by atoms with van der Waals surface area (Å²) in [7, 11) is 0. The van der Waals surface area contributed by atoms with Gasteiger partial charge >= 0.3 is 17.1 Å². The van der Waals surface area contributed by atoms with Crippen LogP contribution in [0.1, 0.15) is 26.3 Å². The molecule has 0 aliphatic carbocycles. The Kier molecular flexibility index (Phi) is 8.38. The Balaban J connectivity index is 0.000000405. The zero-order valence-corrected chi connectivity index (χ0v) is 13.0. The average molecular weight is 304 g/mol. The molecule has 0 amide bonds. The second kappa shape index (κ2) is 8.60. The van der Waals surface area contributed by atoms with Gasteiger partial charge in [-0.15, -0.1) is 16.7 Å². The quantitative estimate of drug-likeness (QED) is 0.510. The maximum absolute atomic E-state index is 8.99. The second-order valence-corrected chi connectivity index (χ2v) is 6.62. The summed E-state index contributed by atoms with van der Waals surface area (Å²) in [6.45, 7) is 6.66. The Morgan fingerprint density at radius 3 is 2.17 bits per heavy atom. The molecule has 0 saturated carbocycles. The molecule has 18 heavy (non-hydrogen) atoms. The van der Waals surface area contributed by atoms with E-state index in [-0.39, 0.29) is 28.4 Å². The minimum Gasteiger partial charge on any atom is -0.405 e. The van der Waals surface area contributed by atoms with Crippen LogP contribution in [0.25, 0.3) is 0 Å². The molecule has 0 radical (unpaired) electrons. The van der Waals surface area contributed by atoms with Crippen LogP contribution in [-0.2, 0) is 23.7 Å². The number of hydrogen-bond donors (Lipinski definition) is 1. The molecule has 1 N–H and O–H groups in total. The summed E-state index contributed by atoms with van der Waals surface area (Å²) in [6.07, 6.45) is 0. The number of thioether (sulfide) groups is 1. The van der Waals surface area contributed by atoms with Gasteiger partial charge in [-0.2, -0.15) is 35.9 Å². The zero-order valence-electron chi connectivity index (χ0n) is 11.0. The van der Waals surface area contributed by atoms with Crippen molar-refractivity contribution in [3.63, 3.8) is 0 Å². The van der Waals surface area contributed by atoms with Gasteiger partial charge in [0.05, 0.1) is 0 Å². The maximum Gasteiger partial charge on any atom is 2.00 e. The Hall–Kier alpha value is -0.471. The normalized spacial score (nSPS) is 10.2. The van der Waals surface area contributed by atoms with Crippen molar-refractivity contribution in [2.75, 3.05) is 0 Å². The second-order valence-electron chi connectivity index (χ2n) is 4.75. The summed E-state index contributed by atoms with van der Waals surface area (Å²) >= 11 is 1.80. The van der Waals surface area contributed by atoms with Crippen LogP contribution >= 0.6 is 11.8 Å². The summed E-state index contributed by atoms with van der Waals surface area (Å²) in [5.41, 5.74) is 1.04. The molecule has 0 fully saturated rings. The molecule has 0 aliphatic rings. The van der Waals surface area contributed by atoms with Gasteiger partial charge in [0.1, 0.15) is 0 Å². The van der Waals surface area contributed by atoms with Crippen LogP contribution in [0, 0.1) is 0 Å². The van der Waals surface area contributed by atoms with Crippen molar-refractivity contribution in [2.45, 2.75) is 37.0 Å². The van der Waals surface area contributed by atoms with Crippen molar-refractivity contribution in [3.05, 3.63) is 54.1 Å². The predicted octanol–water partition coefficient (Wildman–Crippen LogP) is 4.19. The SMILES string of the molecule is CC(C)(C)Sc1[cH-]ccc1CO.[Fe+2].c1cc[cH-]c1. The van der Waals surface area contributed by atoms with Crippen LogP contribution in [0.2, 0.25) is 0 Å². The number of aliphatic hydroxyl groups excluding tert-OH is 1. The summed E-state index contributed by atoms with van der Waals surface area (Å²) in [5, 5.41) is 8.99. The monoisotopic (exact) mass is 304 g/mol. The smallest absolute Gasteiger partial charge is 0.405 e. The van der Waals surface area contributed by atoms with E-state index in [1.165, 1.54) is 4.90 Å². The van der Waals surface area contributed by atoms with Gasteiger partial charge in [0.15, 0.2) is 0 Å². The van der Waals surface area contributed by atoms with Crippen LogP contribution in [0.5, 0.6) is 0 Å². The molecule has 2 rings (SSSR count). The van der Waals surface area contributed by atoms with Crippen molar-refractivity contribution in [1.82, 2.24) is 0 Å². The van der Waals surface area contributed by atoms with Crippen LogP contribution < -0.4 is 0 Å². The van der Waals surface area contributed by atoms with E-state index < -0.39 is 0 Å². The van der Waals surface area contributed by atoms with Gasteiger partial charge in [0, 0.05) is 11.4 Å². The fourth-order valence-electron chi connectivity index (χ4n) is 1.32. The molecule has 0 saturated heterocycles. The molecule has 0 aliphatic heterocycles. The molecule has 1 nitrogen and oxygen atoms in total. The first-order valence-electron chi connectivity index (χ1n) is 5.74. The Labute approximate surface area is 125 Å². The third-order valence-corrected chi connectivity index (χ3v) is 3.23. The van der Waals surface area contributed by atoms with Crippen LogP contribution in [0.3, 0.4) is 0 Å². The van der Waals surface area contributed by atoms with E-state index in [0.717, 1.165) is 5.56 Å². The third kappa shape index (κ3) is 7.07.